The van der Waals surface area contributed by atoms with E-state index in [0.29, 0.717) is 13.0 Å². The Morgan fingerprint density at radius 1 is 1.29 bits per heavy atom. The third kappa shape index (κ3) is 4.93. The van der Waals surface area contributed by atoms with Gasteiger partial charge in [-0.25, -0.2) is 0 Å². The van der Waals surface area contributed by atoms with Gasteiger partial charge in [0.05, 0.1) is 0 Å². The van der Waals surface area contributed by atoms with Crippen molar-refractivity contribution in [1.82, 2.24) is 0 Å². The van der Waals surface area contributed by atoms with Crippen molar-refractivity contribution in [3.63, 3.8) is 0 Å². The summed E-state index contributed by atoms with van der Waals surface area (Å²) in [6.07, 6.45) is 13.4. The Kier molecular flexibility index (Phi) is 6.31. The molecule has 0 aromatic heterocycles. The van der Waals surface area contributed by atoms with Crippen LogP contribution in [0.1, 0.15) is 65.2 Å². The average Bonchev–Trinajstić information content (AvgIpc) is 2.36. The first kappa shape index (κ1) is 14.3. The first-order valence-electron chi connectivity index (χ1n) is 7.06. The van der Waals surface area contributed by atoms with Crippen molar-refractivity contribution in [2.75, 3.05) is 6.61 Å². The number of unbranched alkanes of at least 4 members (excludes halogenated alkanes) is 3. The third-order valence-electron chi connectivity index (χ3n) is 3.57. The molecular formula is C15H26O2. The number of esters is 1. The first-order chi connectivity index (χ1) is 8.22. The highest BCUT2D eigenvalue weighted by Gasteiger charge is 2.32. The maximum absolute atomic E-state index is 11.2. The van der Waals surface area contributed by atoms with Crippen LogP contribution < -0.4 is 0 Å². The van der Waals surface area contributed by atoms with Gasteiger partial charge in [0.1, 0.15) is 6.61 Å². The van der Waals surface area contributed by atoms with Crippen molar-refractivity contribution in [1.29, 1.82) is 0 Å². The van der Waals surface area contributed by atoms with Gasteiger partial charge >= 0.3 is 5.97 Å². The summed E-state index contributed by atoms with van der Waals surface area (Å²) in [4.78, 5) is 11.2. The van der Waals surface area contributed by atoms with Crippen LogP contribution in [0, 0.1) is 5.41 Å². The quantitative estimate of drug-likeness (QED) is 0.376. The van der Waals surface area contributed by atoms with Crippen molar-refractivity contribution in [2.45, 2.75) is 65.2 Å². The third-order valence-corrected chi connectivity index (χ3v) is 3.57. The van der Waals surface area contributed by atoms with Crippen LogP contribution in [-0.4, -0.2) is 12.6 Å². The summed E-state index contributed by atoms with van der Waals surface area (Å²) in [6.45, 7) is 5.01. The first-order valence-corrected chi connectivity index (χ1v) is 7.06. The molecule has 1 aliphatic heterocycles. The summed E-state index contributed by atoms with van der Waals surface area (Å²) < 4.78 is 5.26. The van der Waals surface area contributed by atoms with Crippen LogP contribution in [0.2, 0.25) is 0 Å². The van der Waals surface area contributed by atoms with E-state index in [2.05, 4.69) is 26.0 Å². The highest BCUT2D eigenvalue weighted by molar-refractivity contribution is 5.70. The molecule has 1 aliphatic rings. The fraction of sp³-hybridized carbons (Fsp3) is 0.800. The second kappa shape index (κ2) is 7.52. The summed E-state index contributed by atoms with van der Waals surface area (Å²) in [5, 5.41) is 0. The molecular weight excluding hydrogens is 212 g/mol. The molecule has 1 atom stereocenters. The molecule has 1 rings (SSSR count). The fourth-order valence-electron chi connectivity index (χ4n) is 2.32. The summed E-state index contributed by atoms with van der Waals surface area (Å²) in [5.41, 5.74) is 0.137. The molecule has 1 saturated heterocycles. The highest BCUT2D eigenvalue weighted by atomic mass is 16.5. The lowest BCUT2D eigenvalue weighted by Crippen LogP contribution is -2.32. The Labute approximate surface area is 105 Å². The van der Waals surface area contributed by atoms with E-state index in [1.165, 1.54) is 25.7 Å². The van der Waals surface area contributed by atoms with Gasteiger partial charge in [-0.3, -0.25) is 4.79 Å². The summed E-state index contributed by atoms with van der Waals surface area (Å²) >= 11 is 0. The van der Waals surface area contributed by atoms with Gasteiger partial charge in [0.2, 0.25) is 0 Å². The number of rotatable bonds is 7. The van der Waals surface area contributed by atoms with E-state index in [1.807, 2.05) is 0 Å². The van der Waals surface area contributed by atoms with E-state index in [9.17, 15) is 4.79 Å². The number of ether oxygens (including phenoxy) is 1. The number of carbonyl (C=O) groups excluding carboxylic acids is 1. The zero-order valence-corrected chi connectivity index (χ0v) is 11.3. The van der Waals surface area contributed by atoms with Crippen molar-refractivity contribution in [2.24, 2.45) is 5.41 Å². The minimum atomic E-state index is -0.0286. The van der Waals surface area contributed by atoms with Crippen LogP contribution >= 0.6 is 0 Å². The molecule has 98 valence electrons. The molecule has 0 aromatic carbocycles. The molecule has 2 heteroatoms. The van der Waals surface area contributed by atoms with Crippen LogP contribution in [0.3, 0.4) is 0 Å². The van der Waals surface area contributed by atoms with Crippen LogP contribution in [0.4, 0.5) is 0 Å². The van der Waals surface area contributed by atoms with Gasteiger partial charge in [0.25, 0.3) is 0 Å². The lowest BCUT2D eigenvalue weighted by Gasteiger charge is -2.33. The van der Waals surface area contributed by atoms with Crippen molar-refractivity contribution in [3.05, 3.63) is 12.2 Å². The van der Waals surface area contributed by atoms with E-state index >= 15 is 0 Å². The Hall–Kier alpha value is -0.790. The maximum Gasteiger partial charge on any atom is 0.305 e. The predicted molar refractivity (Wildman–Crippen MR) is 70.8 cm³/mol. The largest absolute Gasteiger partial charge is 0.465 e. The smallest absolute Gasteiger partial charge is 0.305 e. The molecule has 1 fully saturated rings. The van der Waals surface area contributed by atoms with Gasteiger partial charge in [0.15, 0.2) is 0 Å². The minimum absolute atomic E-state index is 0.0286. The lowest BCUT2D eigenvalue weighted by molar-refractivity contribution is -0.152. The highest BCUT2D eigenvalue weighted by Crippen LogP contribution is 2.36. The normalized spacial score (nSPS) is 25.2. The van der Waals surface area contributed by atoms with E-state index in [0.717, 1.165) is 19.3 Å². The zero-order valence-electron chi connectivity index (χ0n) is 11.3. The van der Waals surface area contributed by atoms with E-state index < -0.39 is 0 Å². The Morgan fingerprint density at radius 3 is 2.65 bits per heavy atom. The lowest BCUT2D eigenvalue weighted by atomic mass is 9.77. The molecule has 0 amide bonds. The van der Waals surface area contributed by atoms with E-state index in [4.69, 9.17) is 4.74 Å². The SMILES string of the molecule is CCCCC=CC1(CCCC)CCC(=O)OC1. The number of carbonyl (C=O) groups is 1. The molecule has 1 unspecified atom stereocenters. The fourth-order valence-corrected chi connectivity index (χ4v) is 2.32. The molecule has 0 aliphatic carbocycles. The monoisotopic (exact) mass is 238 g/mol. The molecule has 2 nitrogen and oxygen atoms in total. The molecule has 0 saturated carbocycles. The van der Waals surface area contributed by atoms with Crippen LogP contribution in [0.25, 0.3) is 0 Å². The van der Waals surface area contributed by atoms with Crippen molar-refractivity contribution >= 4 is 5.97 Å². The molecule has 0 radical (unpaired) electrons. The summed E-state index contributed by atoms with van der Waals surface area (Å²) in [5.74, 6) is -0.0286. The second-order valence-corrected chi connectivity index (χ2v) is 5.17. The molecule has 17 heavy (non-hydrogen) atoms. The number of allylic oxidation sites excluding steroid dienone is 1. The van der Waals surface area contributed by atoms with Crippen LogP contribution in [0.5, 0.6) is 0 Å². The second-order valence-electron chi connectivity index (χ2n) is 5.17. The van der Waals surface area contributed by atoms with Gasteiger partial charge < -0.3 is 4.74 Å². The Morgan fingerprint density at radius 2 is 2.06 bits per heavy atom. The Bertz CT molecular complexity index is 246. The van der Waals surface area contributed by atoms with Gasteiger partial charge in [-0.05, 0) is 19.3 Å². The van der Waals surface area contributed by atoms with E-state index in [1.54, 1.807) is 0 Å². The van der Waals surface area contributed by atoms with Crippen molar-refractivity contribution < 1.29 is 9.53 Å². The minimum Gasteiger partial charge on any atom is -0.465 e. The molecule has 0 bridgehead atoms. The van der Waals surface area contributed by atoms with Crippen LogP contribution in [0.15, 0.2) is 12.2 Å². The topological polar surface area (TPSA) is 26.3 Å². The molecule has 0 spiro atoms. The molecule has 0 N–H and O–H groups in total. The number of hydrogen-bond donors (Lipinski definition) is 0. The molecule has 1 heterocycles. The Balaban J connectivity index is 2.52. The molecule has 0 aromatic rings. The standard InChI is InChI=1S/C15H26O2/c1-3-5-7-8-11-15(10-6-4-2)12-9-14(16)17-13-15/h8,11H,3-7,9-10,12-13H2,1-2H3. The predicted octanol–water partition coefficient (Wildman–Crippen LogP) is 4.25. The van der Waals surface area contributed by atoms with Gasteiger partial charge in [-0.2, -0.15) is 0 Å². The van der Waals surface area contributed by atoms with E-state index in [-0.39, 0.29) is 11.4 Å². The zero-order chi connectivity index (χ0) is 12.6. The van der Waals surface area contributed by atoms with Gasteiger partial charge in [-0.15, -0.1) is 0 Å². The van der Waals surface area contributed by atoms with Crippen LogP contribution in [-0.2, 0) is 9.53 Å². The maximum atomic E-state index is 11.2. The van der Waals surface area contributed by atoms with Crippen molar-refractivity contribution in [3.8, 4) is 0 Å². The van der Waals surface area contributed by atoms with Gasteiger partial charge in [0, 0.05) is 11.8 Å². The average molecular weight is 238 g/mol. The summed E-state index contributed by atoms with van der Waals surface area (Å²) in [7, 11) is 0. The van der Waals surface area contributed by atoms with Gasteiger partial charge in [-0.1, -0.05) is 51.7 Å². The number of cyclic esters (lactones) is 1. The number of hydrogen-bond acceptors (Lipinski definition) is 2. The summed E-state index contributed by atoms with van der Waals surface area (Å²) in [6, 6.07) is 0.